The van der Waals surface area contributed by atoms with Crippen molar-refractivity contribution in [3.05, 3.63) is 87.4 Å². The molecule has 37 heavy (non-hydrogen) atoms. The molecule has 9 heteroatoms. The Hall–Kier alpha value is -3.98. The number of hydrogen-bond acceptors (Lipinski definition) is 7. The minimum atomic E-state index is -0.890. The first-order valence-corrected chi connectivity index (χ1v) is 12.2. The number of ether oxygens (including phenoxy) is 3. The number of carbonyl (C=O) groups excluding carboxylic acids is 2. The van der Waals surface area contributed by atoms with Crippen molar-refractivity contribution in [2.75, 3.05) is 27.9 Å². The van der Waals surface area contributed by atoms with Gasteiger partial charge in [0.15, 0.2) is 23.0 Å². The molecule has 0 aromatic heterocycles. The van der Waals surface area contributed by atoms with Crippen molar-refractivity contribution in [2.24, 2.45) is 0 Å². The van der Waals surface area contributed by atoms with E-state index in [0.29, 0.717) is 29.0 Å². The van der Waals surface area contributed by atoms with Gasteiger partial charge in [0.25, 0.3) is 11.7 Å². The van der Waals surface area contributed by atoms with Crippen molar-refractivity contribution in [3.8, 4) is 23.0 Å². The third-order valence-electron chi connectivity index (χ3n) is 6.27. The van der Waals surface area contributed by atoms with Crippen LogP contribution in [0.25, 0.3) is 5.76 Å². The van der Waals surface area contributed by atoms with E-state index in [0.717, 1.165) is 10.0 Å². The van der Waals surface area contributed by atoms with E-state index in [-0.39, 0.29) is 29.4 Å². The molecule has 1 amide bonds. The van der Waals surface area contributed by atoms with E-state index in [1.54, 1.807) is 56.7 Å². The number of rotatable bonds is 8. The van der Waals surface area contributed by atoms with Crippen LogP contribution in [0.4, 0.5) is 0 Å². The summed E-state index contributed by atoms with van der Waals surface area (Å²) >= 11 is 3.36. The fourth-order valence-electron chi connectivity index (χ4n) is 4.37. The molecule has 1 fully saturated rings. The topological polar surface area (TPSA) is 106 Å². The Bertz CT molecular complexity index is 1370. The molecule has 1 heterocycles. The lowest BCUT2D eigenvalue weighted by molar-refractivity contribution is -0.139. The summed E-state index contributed by atoms with van der Waals surface area (Å²) in [6.45, 7) is 0.186. The van der Waals surface area contributed by atoms with Crippen molar-refractivity contribution in [2.45, 2.75) is 12.5 Å². The van der Waals surface area contributed by atoms with Crippen LogP contribution in [0.3, 0.4) is 0 Å². The van der Waals surface area contributed by atoms with Gasteiger partial charge in [-0.25, -0.2) is 0 Å². The van der Waals surface area contributed by atoms with Gasteiger partial charge in [-0.3, -0.25) is 9.59 Å². The number of aliphatic hydroxyl groups is 1. The summed E-state index contributed by atoms with van der Waals surface area (Å²) in [6, 6.07) is 15.9. The first kappa shape index (κ1) is 26.1. The second-order valence-electron chi connectivity index (χ2n) is 8.37. The zero-order valence-corrected chi connectivity index (χ0v) is 22.1. The number of amides is 1. The van der Waals surface area contributed by atoms with Gasteiger partial charge in [-0.05, 0) is 53.9 Å². The van der Waals surface area contributed by atoms with E-state index in [1.165, 1.54) is 18.1 Å². The van der Waals surface area contributed by atoms with Crippen LogP contribution < -0.4 is 14.2 Å². The number of Topliss-reactive ketones (excluding diaryl/α,β-unsaturated/α-hetero) is 1. The fraction of sp³-hybridized carbons (Fsp3) is 0.214. The molecule has 0 unspecified atom stereocenters. The molecule has 1 saturated heterocycles. The number of phenols is 1. The highest BCUT2D eigenvalue weighted by Crippen LogP contribution is 2.42. The van der Waals surface area contributed by atoms with E-state index in [1.807, 2.05) is 12.1 Å². The van der Waals surface area contributed by atoms with Crippen LogP contribution in [0, 0.1) is 0 Å². The van der Waals surface area contributed by atoms with Crippen LogP contribution in [0.5, 0.6) is 23.0 Å². The summed E-state index contributed by atoms with van der Waals surface area (Å²) in [7, 11) is 4.50. The SMILES string of the molecule is COc1cc([C@H]2C(=C(O)c3ccc(Br)cc3)C(=O)C(=O)N2CCc2ccc(OC)c(OC)c2)ccc1O. The number of hydrogen-bond donors (Lipinski definition) is 2. The highest BCUT2D eigenvalue weighted by Gasteiger charge is 2.46. The fourth-order valence-corrected chi connectivity index (χ4v) is 4.63. The number of aromatic hydroxyl groups is 1. The van der Waals surface area contributed by atoms with Crippen molar-refractivity contribution >= 4 is 33.4 Å². The van der Waals surface area contributed by atoms with Crippen LogP contribution >= 0.6 is 15.9 Å². The lowest BCUT2D eigenvalue weighted by Gasteiger charge is -2.26. The van der Waals surface area contributed by atoms with E-state index >= 15 is 0 Å². The average Bonchev–Trinajstić information content (AvgIpc) is 3.16. The predicted octanol–water partition coefficient (Wildman–Crippen LogP) is 4.84. The van der Waals surface area contributed by atoms with Gasteiger partial charge in [-0.2, -0.15) is 0 Å². The zero-order valence-electron chi connectivity index (χ0n) is 20.5. The van der Waals surface area contributed by atoms with Gasteiger partial charge in [-0.15, -0.1) is 0 Å². The normalized spacial score (nSPS) is 16.6. The number of halogens is 1. The molecule has 2 N–H and O–H groups in total. The maximum atomic E-state index is 13.3. The predicted molar refractivity (Wildman–Crippen MR) is 141 cm³/mol. The number of ketones is 1. The van der Waals surface area contributed by atoms with E-state index in [2.05, 4.69) is 15.9 Å². The summed E-state index contributed by atoms with van der Waals surface area (Å²) < 4.78 is 16.7. The molecule has 8 nitrogen and oxygen atoms in total. The molecule has 1 aliphatic rings. The Balaban J connectivity index is 1.78. The summed E-state index contributed by atoms with van der Waals surface area (Å²) in [6.07, 6.45) is 0.414. The molecule has 1 atom stereocenters. The van der Waals surface area contributed by atoms with Crippen molar-refractivity contribution in [3.63, 3.8) is 0 Å². The standard InChI is InChI=1S/C28H26BrNO7/c1-35-21-11-4-16(14-23(21)37-3)12-13-30-25(18-7-10-20(31)22(15-18)36-2)24(27(33)28(30)34)26(32)17-5-8-19(29)9-6-17/h4-11,14-15,25,31-32H,12-13H2,1-3H3/t25-/m0/s1. The van der Waals surface area contributed by atoms with E-state index < -0.39 is 17.7 Å². The summed E-state index contributed by atoms with van der Waals surface area (Å²) in [5, 5.41) is 21.3. The molecule has 192 valence electrons. The Morgan fingerprint density at radius 2 is 1.57 bits per heavy atom. The first-order chi connectivity index (χ1) is 17.8. The van der Waals surface area contributed by atoms with Crippen molar-refractivity contribution < 1.29 is 34.0 Å². The number of benzene rings is 3. The number of phenolic OH excluding ortho intramolecular Hbond substituents is 1. The molecule has 4 rings (SSSR count). The van der Waals surface area contributed by atoms with Crippen LogP contribution in [0.15, 0.2) is 70.7 Å². The molecule has 0 spiro atoms. The smallest absolute Gasteiger partial charge is 0.295 e. The van der Waals surface area contributed by atoms with Gasteiger partial charge in [0.2, 0.25) is 0 Å². The van der Waals surface area contributed by atoms with Gasteiger partial charge >= 0.3 is 0 Å². The monoisotopic (exact) mass is 567 g/mol. The Labute approximate surface area is 222 Å². The van der Waals surface area contributed by atoms with Crippen molar-refractivity contribution in [1.29, 1.82) is 0 Å². The molecule has 3 aromatic carbocycles. The molecular weight excluding hydrogens is 542 g/mol. The minimum Gasteiger partial charge on any atom is -0.507 e. The van der Waals surface area contributed by atoms with Crippen LogP contribution in [-0.2, 0) is 16.0 Å². The summed E-state index contributed by atoms with van der Waals surface area (Å²) in [5.41, 5.74) is 1.75. The molecular formula is C28H26BrNO7. The third kappa shape index (κ3) is 5.13. The molecule has 1 aliphatic heterocycles. The van der Waals surface area contributed by atoms with Gasteiger partial charge in [0.1, 0.15) is 5.76 Å². The number of carbonyl (C=O) groups is 2. The molecule has 0 aliphatic carbocycles. The molecule has 0 bridgehead atoms. The summed E-state index contributed by atoms with van der Waals surface area (Å²) in [5.74, 6) is -0.556. The highest BCUT2D eigenvalue weighted by molar-refractivity contribution is 9.10. The highest BCUT2D eigenvalue weighted by atomic mass is 79.9. The number of methoxy groups -OCH3 is 3. The second kappa shape index (κ2) is 11.0. The van der Waals surface area contributed by atoms with Gasteiger partial charge in [-0.1, -0.05) is 40.2 Å². The molecule has 0 radical (unpaired) electrons. The quantitative estimate of drug-likeness (QED) is 0.228. The van der Waals surface area contributed by atoms with Gasteiger partial charge in [0.05, 0.1) is 32.9 Å². The minimum absolute atomic E-state index is 0.0348. The first-order valence-electron chi connectivity index (χ1n) is 11.4. The van der Waals surface area contributed by atoms with Gasteiger partial charge in [0, 0.05) is 16.6 Å². The Morgan fingerprint density at radius 1 is 0.892 bits per heavy atom. The maximum Gasteiger partial charge on any atom is 0.295 e. The van der Waals surface area contributed by atoms with E-state index in [9.17, 15) is 19.8 Å². The summed E-state index contributed by atoms with van der Waals surface area (Å²) in [4.78, 5) is 27.9. The number of nitrogens with zero attached hydrogens (tertiary/aromatic N) is 1. The number of likely N-dealkylation sites (tertiary alicyclic amines) is 1. The average molecular weight is 568 g/mol. The van der Waals surface area contributed by atoms with E-state index in [4.69, 9.17) is 14.2 Å². The number of aliphatic hydroxyl groups excluding tert-OH is 1. The second-order valence-corrected chi connectivity index (χ2v) is 9.29. The van der Waals surface area contributed by atoms with Crippen LogP contribution in [0.2, 0.25) is 0 Å². The zero-order chi connectivity index (χ0) is 26.7. The molecule has 3 aromatic rings. The largest absolute Gasteiger partial charge is 0.507 e. The van der Waals surface area contributed by atoms with Crippen molar-refractivity contribution in [1.82, 2.24) is 4.90 Å². The Kier molecular flexibility index (Phi) is 7.73. The third-order valence-corrected chi connectivity index (χ3v) is 6.80. The lowest BCUT2D eigenvalue weighted by atomic mass is 9.95. The molecule has 0 saturated carbocycles. The van der Waals surface area contributed by atoms with Crippen LogP contribution in [0.1, 0.15) is 22.7 Å². The van der Waals surface area contributed by atoms with Crippen LogP contribution in [-0.4, -0.2) is 54.7 Å². The van der Waals surface area contributed by atoms with Gasteiger partial charge < -0.3 is 29.3 Å². The lowest BCUT2D eigenvalue weighted by Crippen LogP contribution is -2.31. The maximum absolute atomic E-state index is 13.3. The Morgan fingerprint density at radius 3 is 2.22 bits per heavy atom.